The van der Waals surface area contributed by atoms with Crippen LogP contribution >= 0.6 is 11.6 Å². The van der Waals surface area contributed by atoms with Crippen molar-refractivity contribution in [2.45, 2.75) is 20.8 Å². The zero-order chi connectivity index (χ0) is 10.6. The van der Waals surface area contributed by atoms with Crippen LogP contribution in [0.25, 0.3) is 0 Å². The molecule has 1 rings (SSSR count). The molecular formula is C12H17ClO. The summed E-state index contributed by atoms with van der Waals surface area (Å²) in [4.78, 5) is 0. The normalized spacial score (nSPS) is 12.6. The number of hydrogen-bond acceptors (Lipinski definition) is 1. The van der Waals surface area contributed by atoms with Crippen molar-refractivity contribution in [2.75, 3.05) is 12.5 Å². The number of benzene rings is 1. The molecule has 0 radical (unpaired) electrons. The van der Waals surface area contributed by atoms with Gasteiger partial charge in [-0.15, -0.1) is 11.6 Å². The van der Waals surface area contributed by atoms with E-state index in [-0.39, 0.29) is 0 Å². The summed E-state index contributed by atoms with van der Waals surface area (Å²) < 4.78 is 5.69. The Hall–Kier alpha value is -0.690. The molecule has 78 valence electrons. The lowest BCUT2D eigenvalue weighted by Gasteiger charge is -2.12. The second-order valence-electron chi connectivity index (χ2n) is 3.84. The molecule has 0 spiro atoms. The molecule has 0 amide bonds. The van der Waals surface area contributed by atoms with Gasteiger partial charge >= 0.3 is 0 Å². The van der Waals surface area contributed by atoms with Crippen molar-refractivity contribution in [1.29, 1.82) is 0 Å². The van der Waals surface area contributed by atoms with Crippen LogP contribution in [0.4, 0.5) is 0 Å². The Balaban J connectivity index is 2.62. The molecule has 0 fully saturated rings. The molecule has 0 bridgehead atoms. The lowest BCUT2D eigenvalue weighted by molar-refractivity contribution is 0.271. The van der Waals surface area contributed by atoms with Gasteiger partial charge < -0.3 is 4.74 Å². The van der Waals surface area contributed by atoms with E-state index < -0.39 is 0 Å². The van der Waals surface area contributed by atoms with Crippen LogP contribution in [0.3, 0.4) is 0 Å². The first kappa shape index (κ1) is 11.4. The summed E-state index contributed by atoms with van der Waals surface area (Å²) in [5.41, 5.74) is 2.40. The van der Waals surface area contributed by atoms with Gasteiger partial charge in [0.1, 0.15) is 5.75 Å². The third-order valence-electron chi connectivity index (χ3n) is 2.13. The van der Waals surface area contributed by atoms with E-state index in [2.05, 4.69) is 39.0 Å². The molecule has 1 aromatic carbocycles. The Morgan fingerprint density at radius 2 is 2.07 bits per heavy atom. The van der Waals surface area contributed by atoms with Crippen molar-refractivity contribution in [3.05, 3.63) is 29.3 Å². The van der Waals surface area contributed by atoms with Crippen LogP contribution in [-0.2, 0) is 0 Å². The Morgan fingerprint density at radius 3 is 2.71 bits per heavy atom. The molecule has 0 heterocycles. The number of hydrogen-bond donors (Lipinski definition) is 0. The van der Waals surface area contributed by atoms with Gasteiger partial charge in [-0.05, 0) is 31.0 Å². The molecule has 0 aliphatic rings. The third-order valence-corrected chi connectivity index (χ3v) is 2.66. The maximum Gasteiger partial charge on any atom is 0.122 e. The van der Waals surface area contributed by atoms with E-state index in [1.54, 1.807) is 0 Å². The van der Waals surface area contributed by atoms with Gasteiger partial charge in [0.15, 0.2) is 0 Å². The summed E-state index contributed by atoms with van der Waals surface area (Å²) in [5, 5.41) is 0. The summed E-state index contributed by atoms with van der Waals surface area (Å²) in [7, 11) is 0. The second kappa shape index (κ2) is 5.26. The minimum Gasteiger partial charge on any atom is -0.493 e. The molecule has 0 saturated carbocycles. The first-order valence-corrected chi connectivity index (χ1v) is 5.43. The van der Waals surface area contributed by atoms with E-state index in [0.29, 0.717) is 18.4 Å². The highest BCUT2D eigenvalue weighted by Crippen LogP contribution is 2.19. The Morgan fingerprint density at radius 1 is 1.36 bits per heavy atom. The molecule has 14 heavy (non-hydrogen) atoms. The monoisotopic (exact) mass is 212 g/mol. The standard InChI is InChI=1S/C12H17ClO/c1-9-4-5-11(3)12(6-9)14-8-10(2)7-13/h4-6,10H,7-8H2,1-3H3. The fraction of sp³-hybridized carbons (Fsp3) is 0.500. The van der Waals surface area contributed by atoms with Crippen molar-refractivity contribution >= 4 is 11.6 Å². The molecule has 2 heteroatoms. The van der Waals surface area contributed by atoms with Crippen molar-refractivity contribution in [1.82, 2.24) is 0 Å². The first-order valence-electron chi connectivity index (χ1n) is 4.89. The van der Waals surface area contributed by atoms with Gasteiger partial charge in [-0.1, -0.05) is 19.1 Å². The average molecular weight is 213 g/mol. The Bertz CT molecular complexity index is 296. The topological polar surface area (TPSA) is 9.23 Å². The minimum atomic E-state index is 0.400. The molecule has 0 aliphatic heterocycles. The maximum absolute atomic E-state index is 5.71. The SMILES string of the molecule is Cc1ccc(C)c(OCC(C)CCl)c1. The van der Waals surface area contributed by atoms with Crippen LogP contribution < -0.4 is 4.74 Å². The average Bonchev–Trinajstić information content (AvgIpc) is 2.19. The van der Waals surface area contributed by atoms with Gasteiger partial charge in [-0.2, -0.15) is 0 Å². The summed E-state index contributed by atoms with van der Waals surface area (Å²) >= 11 is 5.71. The van der Waals surface area contributed by atoms with Crippen LogP contribution in [0.2, 0.25) is 0 Å². The Kier molecular flexibility index (Phi) is 4.27. The molecule has 0 N–H and O–H groups in total. The maximum atomic E-state index is 5.71. The van der Waals surface area contributed by atoms with E-state index in [4.69, 9.17) is 16.3 Å². The van der Waals surface area contributed by atoms with Crippen LogP contribution in [0.15, 0.2) is 18.2 Å². The molecule has 1 atom stereocenters. The van der Waals surface area contributed by atoms with Crippen molar-refractivity contribution < 1.29 is 4.74 Å². The zero-order valence-corrected chi connectivity index (χ0v) is 9.77. The highest BCUT2D eigenvalue weighted by molar-refractivity contribution is 6.18. The van der Waals surface area contributed by atoms with Gasteiger partial charge in [-0.3, -0.25) is 0 Å². The van der Waals surface area contributed by atoms with Gasteiger partial charge in [0.25, 0.3) is 0 Å². The van der Waals surface area contributed by atoms with E-state index in [1.807, 2.05) is 0 Å². The van der Waals surface area contributed by atoms with Crippen LogP contribution in [0.5, 0.6) is 5.75 Å². The van der Waals surface area contributed by atoms with Crippen molar-refractivity contribution in [3.63, 3.8) is 0 Å². The summed E-state index contributed by atoms with van der Waals surface area (Å²) in [6, 6.07) is 6.24. The van der Waals surface area contributed by atoms with E-state index in [9.17, 15) is 0 Å². The number of aryl methyl sites for hydroxylation is 2. The molecular weight excluding hydrogens is 196 g/mol. The predicted molar refractivity (Wildman–Crippen MR) is 61.3 cm³/mol. The van der Waals surface area contributed by atoms with Crippen molar-refractivity contribution in [2.24, 2.45) is 5.92 Å². The molecule has 0 saturated heterocycles. The summed E-state index contributed by atoms with van der Waals surface area (Å²) in [5.74, 6) is 2.02. The smallest absolute Gasteiger partial charge is 0.122 e. The first-order chi connectivity index (χ1) is 6.63. The Labute approximate surface area is 91.0 Å². The number of alkyl halides is 1. The van der Waals surface area contributed by atoms with Crippen molar-refractivity contribution in [3.8, 4) is 5.75 Å². The zero-order valence-electron chi connectivity index (χ0n) is 9.01. The molecule has 0 aromatic heterocycles. The van der Waals surface area contributed by atoms with Crippen LogP contribution in [0, 0.1) is 19.8 Å². The largest absolute Gasteiger partial charge is 0.493 e. The predicted octanol–water partition coefficient (Wildman–Crippen LogP) is 3.56. The van der Waals surface area contributed by atoms with E-state index >= 15 is 0 Å². The lowest BCUT2D eigenvalue weighted by atomic mass is 10.1. The minimum absolute atomic E-state index is 0.400. The summed E-state index contributed by atoms with van der Waals surface area (Å²) in [6.45, 7) is 6.89. The molecule has 1 aromatic rings. The summed E-state index contributed by atoms with van der Waals surface area (Å²) in [6.07, 6.45) is 0. The molecule has 1 nitrogen and oxygen atoms in total. The number of rotatable bonds is 4. The fourth-order valence-electron chi connectivity index (χ4n) is 1.14. The number of ether oxygens (including phenoxy) is 1. The van der Waals surface area contributed by atoms with Gasteiger partial charge in [0.2, 0.25) is 0 Å². The quantitative estimate of drug-likeness (QED) is 0.694. The lowest BCUT2D eigenvalue weighted by Crippen LogP contribution is -2.10. The second-order valence-corrected chi connectivity index (χ2v) is 4.15. The van der Waals surface area contributed by atoms with Crippen LogP contribution in [-0.4, -0.2) is 12.5 Å². The highest BCUT2D eigenvalue weighted by atomic mass is 35.5. The molecule has 1 unspecified atom stereocenters. The van der Waals surface area contributed by atoms with Gasteiger partial charge in [0.05, 0.1) is 6.61 Å². The fourth-order valence-corrected chi connectivity index (χ4v) is 1.23. The van der Waals surface area contributed by atoms with E-state index in [0.717, 1.165) is 5.75 Å². The van der Waals surface area contributed by atoms with Crippen LogP contribution in [0.1, 0.15) is 18.1 Å². The molecule has 0 aliphatic carbocycles. The number of halogens is 1. The third kappa shape index (κ3) is 3.22. The van der Waals surface area contributed by atoms with Gasteiger partial charge in [0, 0.05) is 11.8 Å². The van der Waals surface area contributed by atoms with Gasteiger partial charge in [-0.25, -0.2) is 0 Å². The highest BCUT2D eigenvalue weighted by Gasteiger charge is 2.03. The van der Waals surface area contributed by atoms with E-state index in [1.165, 1.54) is 11.1 Å².